The van der Waals surface area contributed by atoms with Crippen molar-refractivity contribution in [3.8, 4) is 0 Å². The van der Waals surface area contributed by atoms with Gasteiger partial charge in [-0.05, 0) is 37.5 Å². The molecule has 1 aromatic carbocycles. The fourth-order valence-corrected chi connectivity index (χ4v) is 5.68. The molecule has 0 saturated carbocycles. The molecular weight excluding hydrogens is 434 g/mol. The van der Waals surface area contributed by atoms with E-state index in [1.165, 1.54) is 15.1 Å². The number of aryl methyl sites for hydroxylation is 2. The van der Waals surface area contributed by atoms with Crippen LogP contribution in [0.2, 0.25) is 0 Å². The van der Waals surface area contributed by atoms with E-state index in [1.807, 2.05) is 23.5 Å². The van der Waals surface area contributed by atoms with Gasteiger partial charge in [0.15, 0.2) is 0 Å². The van der Waals surface area contributed by atoms with E-state index in [0.717, 1.165) is 48.5 Å². The standard InChI is InChI=1S/C25H29N5O2S/c1-3-23-27-29(25(32)21-14-22-20(30(21)23)13-17(2)33-22)16-24(31)26-19-9-11-28(12-10-19)15-18-7-5-4-6-8-18/h4-8,13-14,19H,3,9-12,15-16H2,1-2H3,(H,26,31). The molecule has 1 amide bonds. The van der Waals surface area contributed by atoms with Gasteiger partial charge in [-0.25, -0.2) is 4.68 Å². The lowest BCUT2D eigenvalue weighted by molar-refractivity contribution is -0.123. The largest absolute Gasteiger partial charge is 0.352 e. The number of piperidine rings is 1. The molecule has 1 saturated heterocycles. The molecule has 1 N–H and O–H groups in total. The molecule has 1 aliphatic rings. The minimum atomic E-state index is -0.221. The monoisotopic (exact) mass is 463 g/mol. The first-order valence-corrected chi connectivity index (χ1v) is 12.4. The number of amides is 1. The van der Waals surface area contributed by atoms with Gasteiger partial charge in [-0.2, -0.15) is 5.10 Å². The number of carbonyl (C=O) groups excluding carboxylic acids is 1. The van der Waals surface area contributed by atoms with Gasteiger partial charge < -0.3 is 5.32 Å². The van der Waals surface area contributed by atoms with Crippen LogP contribution in [-0.4, -0.2) is 44.1 Å². The van der Waals surface area contributed by atoms with Crippen molar-refractivity contribution in [3.05, 3.63) is 69.1 Å². The number of benzene rings is 1. The zero-order chi connectivity index (χ0) is 22.9. The fraction of sp³-hybridized carbons (Fsp3) is 0.400. The van der Waals surface area contributed by atoms with Gasteiger partial charge in [-0.1, -0.05) is 37.3 Å². The van der Waals surface area contributed by atoms with Gasteiger partial charge in [0.2, 0.25) is 5.91 Å². The zero-order valence-electron chi connectivity index (χ0n) is 19.1. The van der Waals surface area contributed by atoms with Crippen LogP contribution in [-0.2, 0) is 24.3 Å². The molecule has 1 aliphatic heterocycles. The number of nitrogens with one attached hydrogen (secondary N) is 1. The normalized spacial score (nSPS) is 15.5. The summed E-state index contributed by atoms with van der Waals surface area (Å²) >= 11 is 1.67. The molecule has 8 heteroatoms. The van der Waals surface area contributed by atoms with E-state index in [-0.39, 0.29) is 24.1 Å². The van der Waals surface area contributed by atoms with Gasteiger partial charge in [-0.3, -0.25) is 18.9 Å². The third-order valence-corrected chi connectivity index (χ3v) is 7.36. The molecule has 33 heavy (non-hydrogen) atoms. The Morgan fingerprint density at radius 3 is 2.64 bits per heavy atom. The van der Waals surface area contributed by atoms with Crippen molar-refractivity contribution in [2.24, 2.45) is 0 Å². The van der Waals surface area contributed by atoms with Gasteiger partial charge >= 0.3 is 0 Å². The summed E-state index contributed by atoms with van der Waals surface area (Å²) in [6, 6.07) is 14.6. The first-order valence-electron chi connectivity index (χ1n) is 11.6. The van der Waals surface area contributed by atoms with Crippen LogP contribution in [0.1, 0.15) is 36.0 Å². The van der Waals surface area contributed by atoms with E-state index in [0.29, 0.717) is 11.9 Å². The molecule has 172 valence electrons. The SMILES string of the molecule is CCc1nn(CC(=O)NC2CCN(Cc3ccccc3)CC2)c(=O)c2cc3sc(C)cc3n12. The molecule has 0 bridgehead atoms. The van der Waals surface area contributed by atoms with E-state index in [9.17, 15) is 9.59 Å². The van der Waals surface area contributed by atoms with E-state index in [2.05, 4.69) is 52.6 Å². The van der Waals surface area contributed by atoms with Crippen LogP contribution in [0, 0.1) is 6.92 Å². The average molecular weight is 464 g/mol. The van der Waals surface area contributed by atoms with Crippen molar-refractivity contribution in [2.75, 3.05) is 13.1 Å². The van der Waals surface area contributed by atoms with Gasteiger partial charge in [0, 0.05) is 37.0 Å². The van der Waals surface area contributed by atoms with Crippen LogP contribution < -0.4 is 10.9 Å². The molecule has 0 atom stereocenters. The number of carbonyl (C=O) groups is 1. The topological polar surface area (TPSA) is 71.6 Å². The van der Waals surface area contributed by atoms with E-state index < -0.39 is 0 Å². The summed E-state index contributed by atoms with van der Waals surface area (Å²) in [7, 11) is 0. The highest BCUT2D eigenvalue weighted by molar-refractivity contribution is 7.19. The molecule has 1 fully saturated rings. The van der Waals surface area contributed by atoms with E-state index in [1.54, 1.807) is 11.3 Å². The van der Waals surface area contributed by atoms with Gasteiger partial charge in [-0.15, -0.1) is 11.3 Å². The van der Waals surface area contributed by atoms with Crippen molar-refractivity contribution in [2.45, 2.75) is 52.2 Å². The molecule has 3 aromatic heterocycles. The number of fused-ring (bicyclic) bond motifs is 3. The van der Waals surface area contributed by atoms with E-state index >= 15 is 0 Å². The Labute approximate surface area is 196 Å². The summed E-state index contributed by atoms with van der Waals surface area (Å²) in [6.45, 7) is 6.87. The number of aromatic nitrogens is 3. The lowest BCUT2D eigenvalue weighted by Gasteiger charge is -2.32. The van der Waals surface area contributed by atoms with Crippen LogP contribution in [0.25, 0.3) is 15.7 Å². The van der Waals surface area contributed by atoms with Crippen molar-refractivity contribution in [1.29, 1.82) is 0 Å². The van der Waals surface area contributed by atoms with Crippen molar-refractivity contribution in [1.82, 2.24) is 24.4 Å². The van der Waals surface area contributed by atoms with Gasteiger partial charge in [0.05, 0.1) is 10.2 Å². The Morgan fingerprint density at radius 1 is 1.15 bits per heavy atom. The van der Waals surface area contributed by atoms with Crippen LogP contribution in [0.3, 0.4) is 0 Å². The Kier molecular flexibility index (Phi) is 6.03. The predicted molar refractivity (Wildman–Crippen MR) is 132 cm³/mol. The molecule has 5 rings (SSSR count). The fourth-order valence-electron chi connectivity index (χ4n) is 4.74. The van der Waals surface area contributed by atoms with Gasteiger partial charge in [0.25, 0.3) is 5.56 Å². The van der Waals surface area contributed by atoms with Crippen LogP contribution in [0.15, 0.2) is 47.3 Å². The smallest absolute Gasteiger partial charge is 0.291 e. The first kappa shape index (κ1) is 21.9. The molecule has 0 unspecified atom stereocenters. The van der Waals surface area contributed by atoms with Crippen LogP contribution in [0.4, 0.5) is 0 Å². The second-order valence-electron chi connectivity index (χ2n) is 8.81. The minimum absolute atomic E-state index is 0.0512. The summed E-state index contributed by atoms with van der Waals surface area (Å²) in [5.74, 6) is 0.640. The van der Waals surface area contributed by atoms with Crippen molar-refractivity contribution in [3.63, 3.8) is 0 Å². The molecule has 4 aromatic rings. The van der Waals surface area contributed by atoms with Crippen molar-refractivity contribution >= 4 is 33.0 Å². The Bertz CT molecular complexity index is 1350. The lowest BCUT2D eigenvalue weighted by atomic mass is 10.0. The maximum Gasteiger partial charge on any atom is 0.291 e. The number of rotatable bonds is 6. The van der Waals surface area contributed by atoms with Crippen LogP contribution in [0.5, 0.6) is 0 Å². The zero-order valence-corrected chi connectivity index (χ0v) is 19.9. The van der Waals surface area contributed by atoms with Crippen molar-refractivity contribution < 1.29 is 4.79 Å². The Hall–Kier alpha value is -2.97. The third-order valence-electron chi connectivity index (χ3n) is 6.37. The Morgan fingerprint density at radius 2 is 1.91 bits per heavy atom. The maximum absolute atomic E-state index is 13.1. The number of hydrogen-bond acceptors (Lipinski definition) is 5. The molecular formula is C25H29N5O2S. The highest BCUT2D eigenvalue weighted by Crippen LogP contribution is 2.28. The summed E-state index contributed by atoms with van der Waals surface area (Å²) in [4.78, 5) is 29.5. The Balaban J connectivity index is 1.25. The summed E-state index contributed by atoms with van der Waals surface area (Å²) in [6.07, 6.45) is 2.50. The number of thiophene rings is 1. The van der Waals surface area contributed by atoms with E-state index in [4.69, 9.17) is 0 Å². The highest BCUT2D eigenvalue weighted by atomic mass is 32.1. The quantitative estimate of drug-likeness (QED) is 0.476. The second-order valence-corrected chi connectivity index (χ2v) is 10.1. The molecule has 0 radical (unpaired) electrons. The predicted octanol–water partition coefficient (Wildman–Crippen LogP) is 3.36. The average Bonchev–Trinajstić information content (AvgIpc) is 3.34. The molecule has 0 spiro atoms. The summed E-state index contributed by atoms with van der Waals surface area (Å²) < 4.78 is 4.34. The number of hydrogen-bond donors (Lipinski definition) is 1. The number of likely N-dealkylation sites (tertiary alicyclic amines) is 1. The minimum Gasteiger partial charge on any atom is -0.352 e. The second kappa shape index (κ2) is 9.11. The van der Waals surface area contributed by atoms with Gasteiger partial charge in [0.1, 0.15) is 17.9 Å². The maximum atomic E-state index is 13.1. The first-order chi connectivity index (χ1) is 16.0. The summed E-state index contributed by atoms with van der Waals surface area (Å²) in [5.41, 5.74) is 2.70. The third kappa shape index (κ3) is 4.45. The number of nitrogens with zero attached hydrogens (tertiary/aromatic N) is 4. The lowest BCUT2D eigenvalue weighted by Crippen LogP contribution is -2.46. The molecule has 7 nitrogen and oxygen atoms in total. The summed E-state index contributed by atoms with van der Waals surface area (Å²) in [5, 5.41) is 7.67. The molecule has 4 heterocycles. The molecule has 0 aliphatic carbocycles. The van der Waals surface area contributed by atoms with Crippen LogP contribution >= 0.6 is 11.3 Å². The highest BCUT2D eigenvalue weighted by Gasteiger charge is 2.22.